The highest BCUT2D eigenvalue weighted by atomic mass is 19.3. The highest BCUT2D eigenvalue weighted by molar-refractivity contribution is 5.76. The number of rotatable bonds is 7. The molecule has 0 saturated heterocycles. The number of alkyl halides is 2. The first kappa shape index (κ1) is 26.8. The van der Waals surface area contributed by atoms with Crippen molar-refractivity contribution < 1.29 is 33.7 Å². The fraction of sp³-hybridized carbons (Fsp3) is 0.926. The highest BCUT2D eigenvalue weighted by Gasteiger charge is 2.66. The molecule has 10 atom stereocenters. The van der Waals surface area contributed by atoms with Gasteiger partial charge in [0, 0.05) is 19.4 Å². The van der Waals surface area contributed by atoms with Crippen molar-refractivity contribution in [1.29, 1.82) is 0 Å². The number of nitrogens with one attached hydrogen (secondary N) is 1. The van der Waals surface area contributed by atoms with Gasteiger partial charge < -0.3 is 20.6 Å². The van der Waals surface area contributed by atoms with Gasteiger partial charge in [-0.3, -0.25) is 9.59 Å². The zero-order valence-electron chi connectivity index (χ0n) is 21.3. The van der Waals surface area contributed by atoms with Crippen LogP contribution in [0.5, 0.6) is 0 Å². The van der Waals surface area contributed by atoms with Gasteiger partial charge in [-0.2, -0.15) is 0 Å². The number of aliphatic carboxylic acids is 1. The van der Waals surface area contributed by atoms with E-state index in [4.69, 9.17) is 5.11 Å². The summed E-state index contributed by atoms with van der Waals surface area (Å²) in [5.74, 6) is -3.14. The Labute approximate surface area is 207 Å². The summed E-state index contributed by atoms with van der Waals surface area (Å²) in [7, 11) is 0. The first-order valence-corrected chi connectivity index (χ1v) is 13.5. The summed E-state index contributed by atoms with van der Waals surface area (Å²) < 4.78 is 29.3. The van der Waals surface area contributed by atoms with Crippen molar-refractivity contribution in [3.05, 3.63) is 0 Å². The van der Waals surface area contributed by atoms with Gasteiger partial charge in [-0.1, -0.05) is 20.8 Å². The molecule has 4 aliphatic rings. The average Bonchev–Trinajstić information content (AvgIpc) is 3.11. The van der Waals surface area contributed by atoms with E-state index in [1.807, 2.05) is 6.92 Å². The topological polar surface area (TPSA) is 107 Å². The predicted octanol–water partition coefficient (Wildman–Crippen LogP) is 4.23. The highest BCUT2D eigenvalue weighted by Crippen LogP contribution is 2.69. The molecule has 6 nitrogen and oxygen atoms in total. The van der Waals surface area contributed by atoms with Gasteiger partial charge in [-0.15, -0.1) is 0 Å². The number of aliphatic hydroxyl groups excluding tert-OH is 2. The van der Waals surface area contributed by atoms with Crippen LogP contribution in [-0.4, -0.2) is 51.9 Å². The molecule has 200 valence electrons. The number of carboxylic acids is 1. The second kappa shape index (κ2) is 9.55. The molecule has 0 aromatic carbocycles. The second-order valence-corrected chi connectivity index (χ2v) is 12.7. The van der Waals surface area contributed by atoms with Crippen LogP contribution in [-0.2, 0) is 9.59 Å². The molecular formula is C27H43F2NO5. The zero-order chi connectivity index (χ0) is 25.8. The number of fused-ring (bicyclic) bond motifs is 5. The van der Waals surface area contributed by atoms with Crippen molar-refractivity contribution in [3.8, 4) is 0 Å². The van der Waals surface area contributed by atoms with Crippen LogP contribution in [0.3, 0.4) is 0 Å². The van der Waals surface area contributed by atoms with Crippen LogP contribution in [0.4, 0.5) is 8.78 Å². The van der Waals surface area contributed by atoms with Gasteiger partial charge in [0.25, 0.3) is 5.92 Å². The SMILES string of the molecule is C[C@H](CCC(=O)NCCC(=O)O)[C@H]1CCC2C3C(O)C[C@@H]4C[C@@H](O)C(F)(F)C[C@]4(C)C3CC[C@@]21C. The Morgan fingerprint density at radius 2 is 1.71 bits per heavy atom. The van der Waals surface area contributed by atoms with E-state index >= 15 is 0 Å². The summed E-state index contributed by atoms with van der Waals surface area (Å²) in [6.45, 7) is 6.63. The van der Waals surface area contributed by atoms with Gasteiger partial charge in [0.2, 0.25) is 5.91 Å². The Balaban J connectivity index is 1.44. The molecule has 0 bridgehead atoms. The maximum Gasteiger partial charge on any atom is 0.305 e. The lowest BCUT2D eigenvalue weighted by Crippen LogP contribution is -2.62. The Morgan fingerprint density at radius 1 is 1.03 bits per heavy atom. The van der Waals surface area contributed by atoms with E-state index in [9.17, 15) is 28.6 Å². The molecule has 4 saturated carbocycles. The number of carboxylic acid groups (broad SMARTS) is 1. The molecule has 8 heteroatoms. The fourth-order valence-corrected chi connectivity index (χ4v) is 9.16. The monoisotopic (exact) mass is 499 g/mol. The van der Waals surface area contributed by atoms with Crippen LogP contribution in [0.1, 0.15) is 85.0 Å². The third-order valence-electron chi connectivity index (χ3n) is 10.9. The quantitative estimate of drug-likeness (QED) is 0.419. The molecular weight excluding hydrogens is 456 g/mol. The molecule has 0 radical (unpaired) electrons. The summed E-state index contributed by atoms with van der Waals surface area (Å²) in [4.78, 5) is 22.8. The molecule has 0 aliphatic heterocycles. The van der Waals surface area contributed by atoms with Crippen molar-refractivity contribution in [2.24, 2.45) is 46.3 Å². The minimum atomic E-state index is -3.07. The number of carbonyl (C=O) groups excluding carboxylic acids is 1. The zero-order valence-corrected chi connectivity index (χ0v) is 21.3. The minimum Gasteiger partial charge on any atom is -0.481 e. The first-order valence-electron chi connectivity index (χ1n) is 13.5. The maximum atomic E-state index is 14.7. The Bertz CT molecular complexity index is 823. The smallest absolute Gasteiger partial charge is 0.305 e. The Kier molecular flexibility index (Phi) is 7.30. The van der Waals surface area contributed by atoms with Crippen LogP contribution in [0.25, 0.3) is 0 Å². The van der Waals surface area contributed by atoms with E-state index in [1.165, 1.54) is 0 Å². The molecule has 4 fully saturated rings. The summed E-state index contributed by atoms with van der Waals surface area (Å²) in [6.07, 6.45) is 2.92. The van der Waals surface area contributed by atoms with Crippen LogP contribution in [0.15, 0.2) is 0 Å². The number of hydrogen-bond donors (Lipinski definition) is 4. The fourth-order valence-electron chi connectivity index (χ4n) is 9.16. The van der Waals surface area contributed by atoms with Crippen LogP contribution in [0.2, 0.25) is 0 Å². The number of aliphatic hydroxyl groups is 2. The average molecular weight is 500 g/mol. The lowest BCUT2D eigenvalue weighted by Gasteiger charge is -2.63. The molecule has 35 heavy (non-hydrogen) atoms. The lowest BCUT2D eigenvalue weighted by molar-refractivity contribution is -0.236. The van der Waals surface area contributed by atoms with Crippen molar-refractivity contribution >= 4 is 11.9 Å². The van der Waals surface area contributed by atoms with E-state index in [0.717, 1.165) is 32.1 Å². The predicted molar refractivity (Wildman–Crippen MR) is 127 cm³/mol. The lowest BCUT2D eigenvalue weighted by atomic mass is 9.43. The van der Waals surface area contributed by atoms with Gasteiger partial charge in [0.15, 0.2) is 0 Å². The molecule has 4 N–H and O–H groups in total. The first-order chi connectivity index (χ1) is 16.3. The van der Waals surface area contributed by atoms with E-state index in [0.29, 0.717) is 24.7 Å². The van der Waals surface area contributed by atoms with E-state index in [1.54, 1.807) is 0 Å². The molecule has 1 amide bonds. The van der Waals surface area contributed by atoms with Gasteiger partial charge in [-0.25, -0.2) is 8.78 Å². The molecule has 4 unspecified atom stereocenters. The maximum absolute atomic E-state index is 14.7. The van der Waals surface area contributed by atoms with Gasteiger partial charge in [0.05, 0.1) is 12.5 Å². The van der Waals surface area contributed by atoms with E-state index < -0.39 is 29.5 Å². The number of carbonyl (C=O) groups is 2. The van der Waals surface area contributed by atoms with E-state index in [-0.39, 0.29) is 60.8 Å². The molecule has 0 aromatic heterocycles. The second-order valence-electron chi connectivity index (χ2n) is 12.7. The van der Waals surface area contributed by atoms with Crippen LogP contribution in [0, 0.1) is 46.3 Å². The van der Waals surface area contributed by atoms with Crippen molar-refractivity contribution in [3.63, 3.8) is 0 Å². The number of hydrogen-bond acceptors (Lipinski definition) is 4. The normalized spacial score (nSPS) is 45.1. The molecule has 4 rings (SSSR count). The van der Waals surface area contributed by atoms with Crippen molar-refractivity contribution in [2.75, 3.05) is 6.54 Å². The van der Waals surface area contributed by atoms with Crippen molar-refractivity contribution in [2.45, 2.75) is 103 Å². The molecule has 0 heterocycles. The standard InChI is InChI=1S/C27H43F2NO5/c1-15(4-7-22(33)30-11-9-23(34)35)17-5-6-18-24-19(8-10-25(17,18)2)26(3)14-27(28,29)21(32)13-16(26)12-20(24)31/h15-21,24,31-32H,4-14H2,1-3H3,(H,30,33)(H,34,35)/t15-,16-,17-,18?,19?,20?,21-,24?,25-,26+/m1/s1. The van der Waals surface area contributed by atoms with Gasteiger partial charge in [-0.05, 0) is 91.3 Å². The largest absolute Gasteiger partial charge is 0.481 e. The molecule has 0 spiro atoms. The van der Waals surface area contributed by atoms with Crippen LogP contribution >= 0.6 is 0 Å². The summed E-state index contributed by atoms with van der Waals surface area (Å²) in [5, 5.41) is 32.7. The third kappa shape index (κ3) is 4.74. The van der Waals surface area contributed by atoms with Gasteiger partial charge >= 0.3 is 5.97 Å². The van der Waals surface area contributed by atoms with Crippen LogP contribution < -0.4 is 5.32 Å². The van der Waals surface area contributed by atoms with E-state index in [2.05, 4.69) is 19.2 Å². The third-order valence-corrected chi connectivity index (χ3v) is 10.9. The molecule has 0 aromatic rings. The Hall–Kier alpha value is -1.28. The summed E-state index contributed by atoms with van der Waals surface area (Å²) in [5.41, 5.74) is -0.549. The molecule has 4 aliphatic carbocycles. The Morgan fingerprint density at radius 3 is 2.40 bits per heavy atom. The summed E-state index contributed by atoms with van der Waals surface area (Å²) in [6, 6.07) is 0. The number of amides is 1. The minimum absolute atomic E-state index is 0.0116. The van der Waals surface area contributed by atoms with Gasteiger partial charge in [0.1, 0.15) is 6.10 Å². The van der Waals surface area contributed by atoms with Crippen molar-refractivity contribution in [1.82, 2.24) is 5.32 Å². The summed E-state index contributed by atoms with van der Waals surface area (Å²) >= 11 is 0. The number of halogens is 2.